The van der Waals surface area contributed by atoms with Gasteiger partial charge in [0, 0.05) is 25.0 Å². The molecule has 114 valence electrons. The third-order valence-electron chi connectivity index (χ3n) is 3.23. The highest BCUT2D eigenvalue weighted by Gasteiger charge is 2.15. The second-order valence-corrected chi connectivity index (χ2v) is 4.90. The molecule has 0 bridgehead atoms. The van der Waals surface area contributed by atoms with Gasteiger partial charge >= 0.3 is 0 Å². The van der Waals surface area contributed by atoms with E-state index in [4.69, 9.17) is 0 Å². The van der Waals surface area contributed by atoms with Crippen LogP contribution >= 0.6 is 0 Å². The Hall–Kier alpha value is -2.80. The van der Waals surface area contributed by atoms with Crippen molar-refractivity contribution in [3.63, 3.8) is 0 Å². The SMILES string of the molecule is C=CCN(CC=C)C(=O)/C(C#N)=C\Nc1ccc(C)c(C)c1. The Morgan fingerprint density at radius 2 is 1.91 bits per heavy atom. The number of nitriles is 1. The van der Waals surface area contributed by atoms with Crippen LogP contribution in [0.15, 0.2) is 55.3 Å². The zero-order valence-corrected chi connectivity index (χ0v) is 13.1. The quantitative estimate of drug-likeness (QED) is 0.477. The van der Waals surface area contributed by atoms with Gasteiger partial charge in [0.25, 0.3) is 5.91 Å². The number of aryl methyl sites for hydroxylation is 2. The fourth-order valence-electron chi connectivity index (χ4n) is 1.85. The number of anilines is 1. The van der Waals surface area contributed by atoms with Crippen molar-refractivity contribution >= 4 is 11.6 Å². The van der Waals surface area contributed by atoms with Gasteiger partial charge in [0.2, 0.25) is 0 Å². The van der Waals surface area contributed by atoms with E-state index in [-0.39, 0.29) is 11.5 Å². The van der Waals surface area contributed by atoms with Crippen LogP contribution in [0.1, 0.15) is 11.1 Å². The topological polar surface area (TPSA) is 56.1 Å². The molecule has 1 N–H and O–H groups in total. The maximum absolute atomic E-state index is 12.3. The van der Waals surface area contributed by atoms with E-state index in [1.54, 1.807) is 12.2 Å². The fourth-order valence-corrected chi connectivity index (χ4v) is 1.85. The summed E-state index contributed by atoms with van der Waals surface area (Å²) in [5, 5.41) is 12.2. The summed E-state index contributed by atoms with van der Waals surface area (Å²) in [7, 11) is 0. The van der Waals surface area contributed by atoms with Crippen LogP contribution in [-0.4, -0.2) is 23.9 Å². The Bertz CT molecular complexity index is 628. The molecule has 0 unspecified atom stereocenters. The van der Waals surface area contributed by atoms with Crippen LogP contribution in [0.2, 0.25) is 0 Å². The minimum Gasteiger partial charge on any atom is -0.360 e. The minimum atomic E-state index is -0.348. The first-order valence-electron chi connectivity index (χ1n) is 6.98. The van der Waals surface area contributed by atoms with Crippen LogP contribution in [0.3, 0.4) is 0 Å². The second kappa shape index (κ2) is 8.48. The van der Waals surface area contributed by atoms with Gasteiger partial charge in [0.1, 0.15) is 11.6 Å². The molecule has 0 radical (unpaired) electrons. The molecule has 0 aliphatic heterocycles. The first-order valence-corrected chi connectivity index (χ1v) is 6.98. The number of carbonyl (C=O) groups excluding carboxylic acids is 1. The number of amides is 1. The van der Waals surface area contributed by atoms with Gasteiger partial charge in [0.15, 0.2) is 0 Å². The summed E-state index contributed by atoms with van der Waals surface area (Å²) in [5.41, 5.74) is 3.21. The maximum atomic E-state index is 12.3. The van der Waals surface area contributed by atoms with E-state index < -0.39 is 0 Å². The van der Waals surface area contributed by atoms with Gasteiger partial charge in [-0.25, -0.2) is 0 Å². The van der Waals surface area contributed by atoms with Crippen molar-refractivity contribution in [3.05, 3.63) is 66.4 Å². The molecule has 0 aliphatic rings. The third kappa shape index (κ3) is 4.64. The van der Waals surface area contributed by atoms with Gasteiger partial charge < -0.3 is 10.2 Å². The average Bonchev–Trinajstić information content (AvgIpc) is 2.51. The van der Waals surface area contributed by atoms with Crippen molar-refractivity contribution < 1.29 is 4.79 Å². The first-order chi connectivity index (χ1) is 10.5. The van der Waals surface area contributed by atoms with Gasteiger partial charge in [0.05, 0.1) is 0 Å². The predicted molar refractivity (Wildman–Crippen MR) is 90.2 cm³/mol. The summed E-state index contributed by atoms with van der Waals surface area (Å²) in [4.78, 5) is 13.8. The van der Waals surface area contributed by atoms with E-state index in [0.29, 0.717) is 13.1 Å². The monoisotopic (exact) mass is 295 g/mol. The Balaban J connectivity index is 2.91. The number of carbonyl (C=O) groups is 1. The summed E-state index contributed by atoms with van der Waals surface area (Å²) in [6, 6.07) is 7.80. The lowest BCUT2D eigenvalue weighted by Crippen LogP contribution is -2.32. The maximum Gasteiger partial charge on any atom is 0.266 e. The van der Waals surface area contributed by atoms with Gasteiger partial charge in [-0.15, -0.1) is 13.2 Å². The van der Waals surface area contributed by atoms with Crippen molar-refractivity contribution in [3.8, 4) is 6.07 Å². The van der Waals surface area contributed by atoms with Crippen LogP contribution in [0, 0.1) is 25.2 Å². The Labute approximate surface area is 132 Å². The number of nitrogens with zero attached hydrogens (tertiary/aromatic N) is 2. The van der Waals surface area contributed by atoms with Crippen molar-refractivity contribution in [2.75, 3.05) is 18.4 Å². The number of hydrogen-bond acceptors (Lipinski definition) is 3. The Morgan fingerprint density at radius 3 is 2.41 bits per heavy atom. The summed E-state index contributed by atoms with van der Waals surface area (Å²) < 4.78 is 0. The summed E-state index contributed by atoms with van der Waals surface area (Å²) in [6.07, 6.45) is 4.67. The van der Waals surface area contributed by atoms with Crippen LogP contribution in [0.5, 0.6) is 0 Å². The van der Waals surface area contributed by atoms with E-state index in [9.17, 15) is 10.1 Å². The molecule has 4 heteroatoms. The van der Waals surface area contributed by atoms with E-state index in [1.165, 1.54) is 16.7 Å². The second-order valence-electron chi connectivity index (χ2n) is 4.90. The van der Waals surface area contributed by atoms with Crippen LogP contribution in [0.25, 0.3) is 0 Å². The lowest BCUT2D eigenvalue weighted by molar-refractivity contribution is -0.125. The third-order valence-corrected chi connectivity index (χ3v) is 3.23. The van der Waals surface area contributed by atoms with Gasteiger partial charge in [-0.3, -0.25) is 4.79 Å². The number of nitrogens with one attached hydrogen (secondary N) is 1. The highest BCUT2D eigenvalue weighted by atomic mass is 16.2. The molecule has 0 spiro atoms. The van der Waals surface area contributed by atoms with Gasteiger partial charge in [-0.05, 0) is 37.1 Å². The molecule has 22 heavy (non-hydrogen) atoms. The normalized spacial score (nSPS) is 10.5. The molecular weight excluding hydrogens is 274 g/mol. The molecule has 1 amide bonds. The molecule has 0 heterocycles. The predicted octanol–water partition coefficient (Wildman–Crippen LogP) is 3.32. The molecular formula is C18H21N3O. The van der Waals surface area contributed by atoms with Gasteiger partial charge in [-0.2, -0.15) is 5.26 Å². The highest BCUT2D eigenvalue weighted by Crippen LogP contribution is 2.14. The summed E-state index contributed by atoms with van der Waals surface area (Å²) >= 11 is 0. The number of rotatable bonds is 7. The van der Waals surface area contributed by atoms with E-state index >= 15 is 0 Å². The largest absolute Gasteiger partial charge is 0.360 e. The molecule has 0 fully saturated rings. The molecule has 0 saturated carbocycles. The van der Waals surface area contributed by atoms with E-state index in [2.05, 4.69) is 18.5 Å². The molecule has 1 aromatic rings. The molecule has 0 aromatic heterocycles. The van der Waals surface area contributed by atoms with E-state index in [1.807, 2.05) is 38.1 Å². The molecule has 1 aromatic carbocycles. The summed E-state index contributed by atoms with van der Waals surface area (Å²) in [5.74, 6) is -0.348. The van der Waals surface area contributed by atoms with Crippen molar-refractivity contribution in [1.82, 2.24) is 4.90 Å². The Kier molecular flexibility index (Phi) is 6.65. The van der Waals surface area contributed by atoms with Crippen LogP contribution in [-0.2, 0) is 4.79 Å². The van der Waals surface area contributed by atoms with Crippen molar-refractivity contribution in [2.24, 2.45) is 0 Å². The van der Waals surface area contributed by atoms with Gasteiger partial charge in [-0.1, -0.05) is 18.2 Å². The lowest BCUT2D eigenvalue weighted by Gasteiger charge is -2.18. The van der Waals surface area contributed by atoms with Crippen LogP contribution < -0.4 is 5.32 Å². The smallest absolute Gasteiger partial charge is 0.266 e. The molecule has 0 atom stereocenters. The molecule has 0 aliphatic carbocycles. The zero-order chi connectivity index (χ0) is 16.5. The molecule has 1 rings (SSSR count). The lowest BCUT2D eigenvalue weighted by atomic mass is 10.1. The fraction of sp³-hybridized carbons (Fsp3) is 0.222. The molecule has 0 saturated heterocycles. The summed E-state index contributed by atoms with van der Waals surface area (Å²) in [6.45, 7) is 12.0. The average molecular weight is 295 g/mol. The van der Waals surface area contributed by atoms with Crippen molar-refractivity contribution in [1.29, 1.82) is 5.26 Å². The van der Waals surface area contributed by atoms with Crippen LogP contribution in [0.4, 0.5) is 5.69 Å². The highest BCUT2D eigenvalue weighted by molar-refractivity contribution is 5.97. The zero-order valence-electron chi connectivity index (χ0n) is 13.1. The van der Waals surface area contributed by atoms with E-state index in [0.717, 1.165) is 11.3 Å². The Morgan fingerprint density at radius 1 is 1.27 bits per heavy atom. The first kappa shape index (κ1) is 17.3. The van der Waals surface area contributed by atoms with Crippen molar-refractivity contribution in [2.45, 2.75) is 13.8 Å². The number of hydrogen-bond donors (Lipinski definition) is 1. The number of benzene rings is 1. The standard InChI is InChI=1S/C18H21N3O/c1-5-9-21(10-6-2)18(22)16(12-19)13-20-17-8-7-14(3)15(4)11-17/h5-8,11,13,20H,1-2,9-10H2,3-4H3/b16-13-. The molecule has 4 nitrogen and oxygen atoms in total. The minimum absolute atomic E-state index is 0.0435.